The molecule has 0 atom stereocenters. The first kappa shape index (κ1) is 15.3. The number of amides is 1. The molecule has 2 aromatic heterocycles. The van der Waals surface area contributed by atoms with E-state index in [2.05, 4.69) is 39.6 Å². The molecule has 0 spiro atoms. The zero-order chi connectivity index (χ0) is 16.2. The highest BCUT2D eigenvalue weighted by molar-refractivity contribution is 7.15. The number of carbonyl (C=O) groups is 1. The molecule has 0 radical (unpaired) electrons. The van der Waals surface area contributed by atoms with Crippen molar-refractivity contribution in [1.29, 1.82) is 0 Å². The minimum Gasteiger partial charge on any atom is -0.296 e. The van der Waals surface area contributed by atoms with Gasteiger partial charge in [-0.15, -0.1) is 10.2 Å². The third-order valence-electron chi connectivity index (χ3n) is 3.54. The van der Waals surface area contributed by atoms with Crippen LogP contribution in [-0.4, -0.2) is 21.1 Å². The van der Waals surface area contributed by atoms with E-state index in [-0.39, 0.29) is 5.91 Å². The Balaban J connectivity index is 1.72. The number of nitrogens with one attached hydrogen (secondary N) is 1. The topological polar surface area (TPSA) is 67.8 Å². The second-order valence-corrected chi connectivity index (χ2v) is 6.26. The van der Waals surface area contributed by atoms with Crippen LogP contribution in [0.4, 0.5) is 5.13 Å². The Labute approximate surface area is 138 Å². The molecule has 0 aliphatic rings. The summed E-state index contributed by atoms with van der Waals surface area (Å²) >= 11 is 1.39. The molecule has 0 fully saturated rings. The molecule has 3 aromatic rings. The highest BCUT2D eigenvalue weighted by Gasteiger charge is 2.13. The van der Waals surface area contributed by atoms with Crippen molar-refractivity contribution >= 4 is 22.4 Å². The highest BCUT2D eigenvalue weighted by atomic mass is 32.1. The molecule has 1 N–H and O–H groups in total. The van der Waals surface area contributed by atoms with Crippen LogP contribution < -0.4 is 5.32 Å². The molecule has 0 aliphatic carbocycles. The number of aryl methyl sites for hydroxylation is 2. The monoisotopic (exact) mass is 324 g/mol. The van der Waals surface area contributed by atoms with Gasteiger partial charge < -0.3 is 0 Å². The third kappa shape index (κ3) is 3.60. The van der Waals surface area contributed by atoms with Crippen molar-refractivity contribution in [2.24, 2.45) is 0 Å². The van der Waals surface area contributed by atoms with E-state index in [1.165, 1.54) is 22.5 Å². The number of hydrogen-bond donors (Lipinski definition) is 1. The fourth-order valence-corrected chi connectivity index (χ4v) is 2.99. The first-order valence-electron chi connectivity index (χ1n) is 7.23. The van der Waals surface area contributed by atoms with E-state index < -0.39 is 0 Å². The molecule has 1 amide bonds. The van der Waals surface area contributed by atoms with Crippen molar-refractivity contribution in [2.45, 2.75) is 20.3 Å². The molecule has 3 rings (SSSR count). The summed E-state index contributed by atoms with van der Waals surface area (Å²) in [5.41, 5.74) is 3.67. The highest BCUT2D eigenvalue weighted by Crippen LogP contribution is 2.21. The van der Waals surface area contributed by atoms with E-state index in [9.17, 15) is 4.79 Å². The summed E-state index contributed by atoms with van der Waals surface area (Å²) in [7, 11) is 0. The van der Waals surface area contributed by atoms with Gasteiger partial charge in [-0.25, -0.2) is 0 Å². The van der Waals surface area contributed by atoms with Crippen LogP contribution >= 0.6 is 11.3 Å². The summed E-state index contributed by atoms with van der Waals surface area (Å²) in [5.74, 6) is -0.214. The van der Waals surface area contributed by atoms with Crippen molar-refractivity contribution in [3.05, 3.63) is 70.0 Å². The smallest absolute Gasteiger partial charge is 0.259 e. The van der Waals surface area contributed by atoms with E-state index in [1.807, 2.05) is 12.1 Å². The van der Waals surface area contributed by atoms with Crippen LogP contribution in [-0.2, 0) is 6.42 Å². The van der Waals surface area contributed by atoms with Crippen LogP contribution in [0.1, 0.15) is 32.2 Å². The largest absolute Gasteiger partial charge is 0.296 e. The van der Waals surface area contributed by atoms with E-state index in [1.54, 1.807) is 25.3 Å². The van der Waals surface area contributed by atoms with Gasteiger partial charge in [-0.05, 0) is 37.1 Å². The molecule has 0 saturated heterocycles. The molecule has 0 saturated carbocycles. The summed E-state index contributed by atoms with van der Waals surface area (Å²) in [6.45, 7) is 3.88. The SMILES string of the molecule is Cc1ccccc1Cc1nnc(NC(=O)c2cccnc2C)s1. The lowest BCUT2D eigenvalue weighted by molar-refractivity contribution is 0.102. The van der Waals surface area contributed by atoms with Crippen LogP contribution in [0.3, 0.4) is 0 Å². The lowest BCUT2D eigenvalue weighted by atomic mass is 10.1. The van der Waals surface area contributed by atoms with Crippen LogP contribution in [0, 0.1) is 13.8 Å². The van der Waals surface area contributed by atoms with Crippen molar-refractivity contribution in [2.75, 3.05) is 5.32 Å². The standard InChI is InChI=1S/C17H16N4OS/c1-11-6-3-4-7-13(11)10-15-20-21-17(23-15)19-16(22)14-8-5-9-18-12(14)2/h3-9H,10H2,1-2H3,(H,19,21,22). The summed E-state index contributed by atoms with van der Waals surface area (Å²) in [5, 5.41) is 12.4. The number of pyridine rings is 1. The van der Waals surface area contributed by atoms with E-state index in [0.717, 1.165) is 5.01 Å². The van der Waals surface area contributed by atoms with Gasteiger partial charge in [0.1, 0.15) is 5.01 Å². The van der Waals surface area contributed by atoms with Gasteiger partial charge in [0, 0.05) is 18.3 Å². The Morgan fingerprint density at radius 3 is 2.74 bits per heavy atom. The van der Waals surface area contributed by atoms with Crippen molar-refractivity contribution in [3.8, 4) is 0 Å². The van der Waals surface area contributed by atoms with Gasteiger partial charge in [-0.2, -0.15) is 0 Å². The second-order valence-electron chi connectivity index (χ2n) is 5.19. The average Bonchev–Trinajstić information content (AvgIpc) is 2.97. The zero-order valence-corrected chi connectivity index (χ0v) is 13.7. The van der Waals surface area contributed by atoms with E-state index in [4.69, 9.17) is 0 Å². The van der Waals surface area contributed by atoms with Crippen LogP contribution in [0.2, 0.25) is 0 Å². The molecule has 5 nitrogen and oxygen atoms in total. The Kier molecular flexibility index (Phi) is 4.43. The predicted molar refractivity (Wildman–Crippen MR) is 90.8 cm³/mol. The third-order valence-corrected chi connectivity index (χ3v) is 4.38. The first-order chi connectivity index (χ1) is 11.1. The number of anilines is 1. The Morgan fingerprint density at radius 2 is 1.96 bits per heavy atom. The van der Waals surface area contributed by atoms with Gasteiger partial charge in [0.15, 0.2) is 0 Å². The zero-order valence-electron chi connectivity index (χ0n) is 12.9. The summed E-state index contributed by atoms with van der Waals surface area (Å²) < 4.78 is 0. The van der Waals surface area contributed by atoms with Gasteiger partial charge in [0.05, 0.1) is 5.56 Å². The number of nitrogens with zero attached hydrogens (tertiary/aromatic N) is 3. The molecule has 116 valence electrons. The quantitative estimate of drug-likeness (QED) is 0.799. The number of benzene rings is 1. The van der Waals surface area contributed by atoms with Crippen molar-refractivity contribution in [3.63, 3.8) is 0 Å². The molecular weight excluding hydrogens is 308 g/mol. The maximum absolute atomic E-state index is 12.2. The summed E-state index contributed by atoms with van der Waals surface area (Å²) in [6.07, 6.45) is 2.38. The number of rotatable bonds is 4. The fourth-order valence-electron chi connectivity index (χ4n) is 2.24. The van der Waals surface area contributed by atoms with Crippen molar-refractivity contribution in [1.82, 2.24) is 15.2 Å². The molecule has 6 heteroatoms. The van der Waals surface area contributed by atoms with Gasteiger partial charge in [0.2, 0.25) is 5.13 Å². The van der Waals surface area contributed by atoms with Gasteiger partial charge in [-0.3, -0.25) is 15.1 Å². The lowest BCUT2D eigenvalue weighted by Gasteiger charge is -2.03. The molecule has 2 heterocycles. The summed E-state index contributed by atoms with van der Waals surface area (Å²) in [6, 6.07) is 11.7. The first-order valence-corrected chi connectivity index (χ1v) is 8.05. The average molecular weight is 324 g/mol. The van der Waals surface area contributed by atoms with Gasteiger partial charge in [0.25, 0.3) is 5.91 Å². The molecule has 1 aromatic carbocycles. The predicted octanol–water partition coefficient (Wildman–Crippen LogP) is 3.39. The Morgan fingerprint density at radius 1 is 1.13 bits per heavy atom. The minimum absolute atomic E-state index is 0.214. The molecular formula is C17H16N4OS. The molecule has 0 bridgehead atoms. The maximum atomic E-state index is 12.2. The van der Waals surface area contributed by atoms with Crippen molar-refractivity contribution < 1.29 is 4.79 Å². The second kappa shape index (κ2) is 6.66. The Hall–Kier alpha value is -2.60. The van der Waals surface area contributed by atoms with Gasteiger partial charge >= 0.3 is 0 Å². The van der Waals surface area contributed by atoms with E-state index in [0.29, 0.717) is 22.8 Å². The normalized spacial score (nSPS) is 10.5. The van der Waals surface area contributed by atoms with Crippen LogP contribution in [0.25, 0.3) is 0 Å². The number of hydrogen-bond acceptors (Lipinski definition) is 5. The van der Waals surface area contributed by atoms with E-state index >= 15 is 0 Å². The summed E-state index contributed by atoms with van der Waals surface area (Å²) in [4.78, 5) is 16.4. The molecule has 0 unspecified atom stereocenters. The maximum Gasteiger partial charge on any atom is 0.259 e. The van der Waals surface area contributed by atoms with Crippen LogP contribution in [0.5, 0.6) is 0 Å². The number of aromatic nitrogens is 3. The molecule has 0 aliphatic heterocycles. The lowest BCUT2D eigenvalue weighted by Crippen LogP contribution is -2.13. The van der Waals surface area contributed by atoms with Crippen LogP contribution in [0.15, 0.2) is 42.6 Å². The Bertz CT molecular complexity index is 844. The minimum atomic E-state index is -0.214. The number of carbonyl (C=O) groups excluding carboxylic acids is 1. The fraction of sp³-hybridized carbons (Fsp3) is 0.176. The molecule has 23 heavy (non-hydrogen) atoms. The van der Waals surface area contributed by atoms with Gasteiger partial charge in [-0.1, -0.05) is 35.6 Å².